The molecule has 1 aromatic carbocycles. The molecule has 2 saturated heterocycles. The van der Waals surface area contributed by atoms with Gasteiger partial charge in [0, 0.05) is 32.4 Å². The first-order valence-corrected chi connectivity index (χ1v) is 11.6. The van der Waals surface area contributed by atoms with Gasteiger partial charge in [0.1, 0.15) is 0 Å². The minimum Gasteiger partial charge on any atom is -0.461 e. The molecule has 0 aliphatic carbocycles. The van der Waals surface area contributed by atoms with Crippen molar-refractivity contribution in [2.75, 3.05) is 56.2 Å². The number of anilines is 2. The molecule has 34 heavy (non-hydrogen) atoms. The predicted molar refractivity (Wildman–Crippen MR) is 121 cm³/mol. The maximum Gasteiger partial charge on any atom is 0.416 e. The number of amides is 2. The molecule has 2 unspecified atom stereocenters. The lowest BCUT2D eigenvalue weighted by molar-refractivity contribution is -0.138. The number of hydrogen-bond donors (Lipinski definition) is 0. The van der Waals surface area contributed by atoms with Crippen LogP contribution in [0.15, 0.2) is 30.3 Å². The van der Waals surface area contributed by atoms with Gasteiger partial charge in [-0.15, -0.1) is 10.2 Å². The fourth-order valence-corrected chi connectivity index (χ4v) is 4.49. The molecule has 0 radical (unpaired) electrons. The van der Waals surface area contributed by atoms with Crippen molar-refractivity contribution in [1.29, 1.82) is 0 Å². The highest BCUT2D eigenvalue weighted by Crippen LogP contribution is 2.26. The smallest absolute Gasteiger partial charge is 0.416 e. The lowest BCUT2D eigenvalue weighted by Crippen LogP contribution is -2.54. The molecule has 0 N–H and O–H groups in total. The fraction of sp³-hybridized carbons (Fsp3) is 0.476. The van der Waals surface area contributed by atoms with Gasteiger partial charge in [-0.1, -0.05) is 29.5 Å². The third-order valence-electron chi connectivity index (χ3n) is 5.56. The molecular formula is C21H25FN6O5S. The summed E-state index contributed by atoms with van der Waals surface area (Å²) in [6.07, 6.45) is -2.68. The Hall–Kier alpha value is -3.32. The van der Waals surface area contributed by atoms with Crippen molar-refractivity contribution in [2.45, 2.75) is 19.4 Å². The van der Waals surface area contributed by atoms with Crippen LogP contribution in [0.1, 0.15) is 16.7 Å². The Morgan fingerprint density at radius 2 is 2.00 bits per heavy atom. The van der Waals surface area contributed by atoms with E-state index in [9.17, 15) is 18.8 Å². The molecule has 2 aliphatic heterocycles. The number of rotatable bonds is 7. The number of carbonyl (C=O) groups excluding carboxylic acids is 3. The topological polar surface area (TPSA) is 108 Å². The number of alkyl halides is 1. The van der Waals surface area contributed by atoms with Crippen LogP contribution in [-0.2, 0) is 14.3 Å². The molecule has 0 spiro atoms. The Kier molecular flexibility index (Phi) is 7.22. The van der Waals surface area contributed by atoms with Gasteiger partial charge in [-0.2, -0.15) is 0 Å². The molecule has 1 aromatic heterocycles. The number of likely N-dealkylation sites (N-methyl/N-ethyl adjacent to an activating group) is 1. The van der Waals surface area contributed by atoms with E-state index in [-0.39, 0.29) is 48.8 Å². The third kappa shape index (κ3) is 5.09. The fourth-order valence-electron chi connectivity index (χ4n) is 3.69. The number of piperazine rings is 1. The number of para-hydroxylation sites is 1. The van der Waals surface area contributed by atoms with Crippen LogP contribution in [0.2, 0.25) is 0 Å². The second-order valence-corrected chi connectivity index (χ2v) is 8.72. The molecule has 2 aliphatic rings. The van der Waals surface area contributed by atoms with E-state index in [1.165, 1.54) is 14.7 Å². The molecule has 2 atom stereocenters. The maximum absolute atomic E-state index is 14.9. The normalized spacial score (nSPS) is 20.9. The van der Waals surface area contributed by atoms with Gasteiger partial charge in [0.25, 0.3) is 0 Å². The Morgan fingerprint density at radius 3 is 2.71 bits per heavy atom. The maximum atomic E-state index is 14.9. The van der Waals surface area contributed by atoms with E-state index >= 15 is 0 Å². The summed E-state index contributed by atoms with van der Waals surface area (Å²) < 4.78 is 25.2. The number of benzene rings is 1. The first-order chi connectivity index (χ1) is 16.4. The van der Waals surface area contributed by atoms with E-state index in [1.54, 1.807) is 31.0 Å². The van der Waals surface area contributed by atoms with Gasteiger partial charge in [-0.05, 0) is 19.1 Å². The summed E-state index contributed by atoms with van der Waals surface area (Å²) in [6, 6.07) is 9.06. The number of aromatic nitrogens is 2. The molecule has 13 heteroatoms. The molecule has 2 amide bonds. The highest BCUT2D eigenvalue weighted by Gasteiger charge is 2.38. The van der Waals surface area contributed by atoms with E-state index < -0.39 is 24.6 Å². The van der Waals surface area contributed by atoms with Crippen LogP contribution in [-0.4, -0.2) is 96.9 Å². The van der Waals surface area contributed by atoms with Crippen LogP contribution in [0.5, 0.6) is 0 Å². The van der Waals surface area contributed by atoms with Gasteiger partial charge >= 0.3 is 12.1 Å². The van der Waals surface area contributed by atoms with Crippen molar-refractivity contribution >= 4 is 40.1 Å². The average molecular weight is 493 g/mol. The largest absolute Gasteiger partial charge is 0.461 e. The number of hydrogen-bond acceptors (Lipinski definition) is 10. The van der Waals surface area contributed by atoms with E-state index in [0.29, 0.717) is 12.2 Å². The molecule has 0 bridgehead atoms. The van der Waals surface area contributed by atoms with E-state index in [1.807, 2.05) is 18.2 Å². The molecule has 0 saturated carbocycles. The molecule has 11 nitrogen and oxygen atoms in total. The number of halogens is 1. The first-order valence-electron chi connectivity index (χ1n) is 10.8. The van der Waals surface area contributed by atoms with Gasteiger partial charge in [-0.3, -0.25) is 14.6 Å². The summed E-state index contributed by atoms with van der Waals surface area (Å²) in [6.45, 7) is 2.76. The summed E-state index contributed by atoms with van der Waals surface area (Å²) in [5.74, 6) is -0.874. The summed E-state index contributed by atoms with van der Waals surface area (Å²) in [7, 11) is 1.57. The van der Waals surface area contributed by atoms with Crippen molar-refractivity contribution in [3.05, 3.63) is 35.3 Å². The van der Waals surface area contributed by atoms with Crippen molar-refractivity contribution in [1.82, 2.24) is 20.0 Å². The number of esters is 1. The lowest BCUT2D eigenvalue weighted by atomic mass is 10.3. The quantitative estimate of drug-likeness (QED) is 0.420. The molecular weight excluding hydrogens is 467 g/mol. The van der Waals surface area contributed by atoms with Gasteiger partial charge in [0.2, 0.25) is 16.0 Å². The number of carbonyl (C=O) groups is 3. The van der Waals surface area contributed by atoms with Crippen LogP contribution >= 0.6 is 11.3 Å². The Bertz CT molecular complexity index is 1040. The monoisotopic (exact) mass is 492 g/mol. The molecule has 3 heterocycles. The van der Waals surface area contributed by atoms with Crippen LogP contribution in [0.4, 0.5) is 20.0 Å². The highest BCUT2D eigenvalue weighted by atomic mass is 32.1. The van der Waals surface area contributed by atoms with E-state index in [4.69, 9.17) is 9.47 Å². The zero-order chi connectivity index (χ0) is 24.2. The highest BCUT2D eigenvalue weighted by molar-refractivity contribution is 7.17. The van der Waals surface area contributed by atoms with Crippen molar-refractivity contribution < 1.29 is 28.2 Å². The number of cyclic esters (lactones) is 1. The summed E-state index contributed by atoms with van der Waals surface area (Å²) in [5.41, 5.74) is 0.690. The Labute approximate surface area is 199 Å². The van der Waals surface area contributed by atoms with Gasteiger partial charge in [0.05, 0.1) is 19.7 Å². The standard InChI is InChI=1S/C21H25FN6O5S/c1-3-32-19(30)18-23-24-20(34-18)27-10-9-26(11-15(27)22)12-16(29)25(2)17-13-28(21(31)33-17)14-7-5-4-6-8-14/h4-8,15,17H,3,9-13H2,1-2H3. The van der Waals surface area contributed by atoms with E-state index in [2.05, 4.69) is 10.2 Å². The first kappa shape index (κ1) is 23.8. The zero-order valence-electron chi connectivity index (χ0n) is 18.8. The molecule has 182 valence electrons. The molecule has 4 rings (SSSR count). The minimum absolute atomic E-state index is 0.0194. The number of ether oxygens (including phenoxy) is 2. The summed E-state index contributed by atoms with van der Waals surface area (Å²) >= 11 is 0.969. The lowest BCUT2D eigenvalue weighted by Gasteiger charge is -2.37. The van der Waals surface area contributed by atoms with Gasteiger partial charge in [0.15, 0.2) is 12.5 Å². The predicted octanol–water partition coefficient (Wildman–Crippen LogP) is 1.57. The van der Waals surface area contributed by atoms with Gasteiger partial charge < -0.3 is 19.3 Å². The van der Waals surface area contributed by atoms with Crippen LogP contribution in [0.25, 0.3) is 0 Å². The van der Waals surface area contributed by atoms with Gasteiger partial charge in [-0.25, -0.2) is 14.0 Å². The Balaban J connectivity index is 1.30. The minimum atomic E-state index is -1.42. The van der Waals surface area contributed by atoms with Crippen molar-refractivity contribution in [3.63, 3.8) is 0 Å². The second kappa shape index (κ2) is 10.3. The van der Waals surface area contributed by atoms with Crippen LogP contribution in [0.3, 0.4) is 0 Å². The van der Waals surface area contributed by atoms with Crippen LogP contribution < -0.4 is 9.80 Å². The SMILES string of the molecule is CCOC(=O)c1nnc(N2CCN(CC(=O)N(C)C3CN(c4ccccc4)C(=O)O3)CC2F)s1. The van der Waals surface area contributed by atoms with Crippen molar-refractivity contribution in [3.8, 4) is 0 Å². The zero-order valence-corrected chi connectivity index (χ0v) is 19.6. The number of nitrogens with zero attached hydrogens (tertiary/aromatic N) is 6. The molecule has 2 aromatic rings. The van der Waals surface area contributed by atoms with Crippen molar-refractivity contribution in [2.24, 2.45) is 0 Å². The summed E-state index contributed by atoms with van der Waals surface area (Å²) in [5, 5.41) is 8.04. The average Bonchev–Trinajstić information content (AvgIpc) is 3.47. The van der Waals surface area contributed by atoms with Crippen LogP contribution in [0, 0.1) is 0 Å². The summed E-state index contributed by atoms with van der Waals surface area (Å²) in [4.78, 5) is 42.8. The van der Waals surface area contributed by atoms with E-state index in [0.717, 1.165) is 11.3 Å². The molecule has 2 fully saturated rings. The third-order valence-corrected chi connectivity index (χ3v) is 6.50. The second-order valence-electron chi connectivity index (χ2n) is 7.76. The Morgan fingerprint density at radius 1 is 1.24 bits per heavy atom.